The van der Waals surface area contributed by atoms with Crippen LogP contribution in [0.25, 0.3) is 0 Å². The number of ether oxygens (including phenoxy) is 1. The summed E-state index contributed by atoms with van der Waals surface area (Å²) < 4.78 is 18.9. The van der Waals surface area contributed by atoms with Gasteiger partial charge in [0.05, 0.1) is 18.7 Å². The molecule has 0 aliphatic carbocycles. The number of carbonyl (C=O) groups excluding carboxylic acids is 1. The SMILES string of the molecule is COc1cc(SC)ccc1C(=O)N[C@H]1CCSc2ccc(F)cc21. The Labute approximate surface area is 149 Å². The molecule has 0 spiro atoms. The lowest BCUT2D eigenvalue weighted by Gasteiger charge is -2.26. The summed E-state index contributed by atoms with van der Waals surface area (Å²) in [7, 11) is 1.55. The van der Waals surface area contributed by atoms with E-state index in [2.05, 4.69) is 5.32 Å². The fourth-order valence-electron chi connectivity index (χ4n) is 2.74. The maximum absolute atomic E-state index is 13.6. The number of hydrogen-bond donors (Lipinski definition) is 1. The third-order valence-electron chi connectivity index (χ3n) is 3.97. The second-order valence-corrected chi connectivity index (χ2v) is 7.43. The van der Waals surface area contributed by atoms with Gasteiger partial charge >= 0.3 is 0 Å². The van der Waals surface area contributed by atoms with Crippen molar-refractivity contribution in [2.45, 2.75) is 22.3 Å². The van der Waals surface area contributed by atoms with Crippen molar-refractivity contribution in [3.8, 4) is 5.75 Å². The molecule has 1 heterocycles. The molecule has 1 atom stereocenters. The molecule has 0 radical (unpaired) electrons. The Morgan fingerprint density at radius 1 is 1.33 bits per heavy atom. The molecule has 3 nitrogen and oxygen atoms in total. The lowest BCUT2D eigenvalue weighted by molar-refractivity contribution is 0.0931. The third kappa shape index (κ3) is 3.54. The second-order valence-electron chi connectivity index (χ2n) is 5.41. The number of amides is 1. The highest BCUT2D eigenvalue weighted by Crippen LogP contribution is 2.37. The third-order valence-corrected chi connectivity index (χ3v) is 5.82. The van der Waals surface area contributed by atoms with Gasteiger partial charge in [-0.25, -0.2) is 4.39 Å². The minimum absolute atomic E-state index is 0.186. The molecule has 1 aliphatic heterocycles. The maximum atomic E-state index is 13.6. The summed E-state index contributed by atoms with van der Waals surface area (Å²) in [6.07, 6.45) is 2.75. The second kappa shape index (κ2) is 7.49. The molecule has 3 rings (SSSR count). The smallest absolute Gasteiger partial charge is 0.255 e. The van der Waals surface area contributed by atoms with Gasteiger partial charge in [-0.15, -0.1) is 23.5 Å². The topological polar surface area (TPSA) is 38.3 Å². The molecule has 0 aromatic heterocycles. The van der Waals surface area contributed by atoms with Crippen molar-refractivity contribution in [3.05, 3.63) is 53.3 Å². The zero-order chi connectivity index (χ0) is 17.1. The van der Waals surface area contributed by atoms with Gasteiger partial charge in [-0.2, -0.15) is 0 Å². The Balaban J connectivity index is 1.85. The molecule has 2 aromatic rings. The van der Waals surface area contributed by atoms with Crippen LogP contribution in [0.15, 0.2) is 46.2 Å². The minimum Gasteiger partial charge on any atom is -0.496 e. The van der Waals surface area contributed by atoms with E-state index in [1.165, 1.54) is 12.1 Å². The summed E-state index contributed by atoms with van der Waals surface area (Å²) in [5.41, 5.74) is 1.34. The Bertz CT molecular complexity index is 767. The summed E-state index contributed by atoms with van der Waals surface area (Å²) in [5, 5.41) is 3.03. The van der Waals surface area contributed by atoms with E-state index >= 15 is 0 Å². The first-order valence-electron chi connectivity index (χ1n) is 7.57. The van der Waals surface area contributed by atoms with E-state index in [0.29, 0.717) is 11.3 Å². The van der Waals surface area contributed by atoms with Crippen molar-refractivity contribution in [2.75, 3.05) is 19.1 Å². The van der Waals surface area contributed by atoms with Gasteiger partial charge in [0.15, 0.2) is 0 Å². The van der Waals surface area contributed by atoms with E-state index in [4.69, 9.17) is 4.74 Å². The highest BCUT2D eigenvalue weighted by molar-refractivity contribution is 7.99. The first-order valence-corrected chi connectivity index (χ1v) is 9.78. The van der Waals surface area contributed by atoms with Crippen molar-refractivity contribution >= 4 is 29.4 Å². The lowest BCUT2D eigenvalue weighted by Crippen LogP contribution is -2.31. The van der Waals surface area contributed by atoms with Gasteiger partial charge in [0, 0.05) is 15.5 Å². The van der Waals surface area contributed by atoms with Gasteiger partial charge < -0.3 is 10.1 Å². The molecule has 0 fully saturated rings. The number of nitrogens with one attached hydrogen (secondary N) is 1. The number of carbonyl (C=O) groups is 1. The number of methoxy groups -OCH3 is 1. The molecule has 6 heteroatoms. The summed E-state index contributed by atoms with van der Waals surface area (Å²) in [6, 6.07) is 10.1. The van der Waals surface area contributed by atoms with Gasteiger partial charge in [-0.1, -0.05) is 0 Å². The van der Waals surface area contributed by atoms with Crippen molar-refractivity contribution in [2.24, 2.45) is 0 Å². The zero-order valence-electron chi connectivity index (χ0n) is 13.5. The molecule has 0 saturated heterocycles. The van der Waals surface area contributed by atoms with Crippen molar-refractivity contribution < 1.29 is 13.9 Å². The Morgan fingerprint density at radius 3 is 2.92 bits per heavy atom. The van der Waals surface area contributed by atoms with Crippen LogP contribution in [0.1, 0.15) is 28.4 Å². The summed E-state index contributed by atoms with van der Waals surface area (Å²) >= 11 is 3.28. The quantitative estimate of drug-likeness (QED) is 0.811. The van der Waals surface area contributed by atoms with Crippen LogP contribution >= 0.6 is 23.5 Å². The first kappa shape index (κ1) is 17.2. The number of rotatable bonds is 4. The maximum Gasteiger partial charge on any atom is 0.255 e. The van der Waals surface area contributed by atoms with Gasteiger partial charge in [-0.05, 0) is 54.6 Å². The average molecular weight is 363 g/mol. The Kier molecular flexibility index (Phi) is 5.36. The lowest BCUT2D eigenvalue weighted by atomic mass is 10.0. The van der Waals surface area contributed by atoms with E-state index < -0.39 is 0 Å². The van der Waals surface area contributed by atoms with Crippen LogP contribution in [0, 0.1) is 5.82 Å². The molecule has 1 amide bonds. The zero-order valence-corrected chi connectivity index (χ0v) is 15.1. The molecular weight excluding hydrogens is 345 g/mol. The van der Waals surface area contributed by atoms with E-state index in [0.717, 1.165) is 27.5 Å². The Hall–Kier alpha value is -1.66. The van der Waals surface area contributed by atoms with Crippen LogP contribution in [-0.2, 0) is 0 Å². The molecule has 126 valence electrons. The molecule has 1 aliphatic rings. The first-order chi connectivity index (χ1) is 11.6. The summed E-state index contributed by atoms with van der Waals surface area (Å²) in [6.45, 7) is 0. The molecule has 1 N–H and O–H groups in total. The number of hydrogen-bond acceptors (Lipinski definition) is 4. The van der Waals surface area contributed by atoms with Crippen LogP contribution in [-0.4, -0.2) is 25.0 Å². The van der Waals surface area contributed by atoms with E-state index in [1.807, 2.05) is 18.4 Å². The Morgan fingerprint density at radius 2 is 2.17 bits per heavy atom. The van der Waals surface area contributed by atoms with Crippen molar-refractivity contribution in [1.29, 1.82) is 0 Å². The predicted octanol–water partition coefficient (Wildman–Crippen LogP) is 4.52. The van der Waals surface area contributed by atoms with E-state index in [9.17, 15) is 9.18 Å². The molecular formula is C18H18FNO2S2. The van der Waals surface area contributed by atoms with Crippen LogP contribution in [0.3, 0.4) is 0 Å². The predicted molar refractivity (Wildman–Crippen MR) is 96.7 cm³/mol. The number of benzene rings is 2. The highest BCUT2D eigenvalue weighted by atomic mass is 32.2. The van der Waals surface area contributed by atoms with E-state index in [1.54, 1.807) is 42.8 Å². The largest absolute Gasteiger partial charge is 0.496 e. The van der Waals surface area contributed by atoms with Crippen molar-refractivity contribution in [3.63, 3.8) is 0 Å². The van der Waals surface area contributed by atoms with Gasteiger partial charge in [0.1, 0.15) is 11.6 Å². The molecule has 2 aromatic carbocycles. The van der Waals surface area contributed by atoms with E-state index in [-0.39, 0.29) is 17.8 Å². The van der Waals surface area contributed by atoms with Crippen LogP contribution in [0.2, 0.25) is 0 Å². The average Bonchev–Trinajstić information content (AvgIpc) is 2.61. The van der Waals surface area contributed by atoms with Gasteiger partial charge in [-0.3, -0.25) is 4.79 Å². The fraction of sp³-hybridized carbons (Fsp3) is 0.278. The number of halogens is 1. The molecule has 0 unspecified atom stereocenters. The summed E-state index contributed by atoms with van der Waals surface area (Å²) in [5.74, 6) is 0.958. The van der Waals surface area contributed by atoms with Crippen LogP contribution in [0.4, 0.5) is 4.39 Å². The number of thioether (sulfide) groups is 2. The van der Waals surface area contributed by atoms with Crippen molar-refractivity contribution in [1.82, 2.24) is 5.32 Å². The minimum atomic E-state index is -0.280. The van der Waals surface area contributed by atoms with Gasteiger partial charge in [0.25, 0.3) is 5.91 Å². The monoisotopic (exact) mass is 363 g/mol. The highest BCUT2D eigenvalue weighted by Gasteiger charge is 2.24. The fourth-order valence-corrected chi connectivity index (χ4v) is 4.27. The normalized spacial score (nSPS) is 16.4. The molecule has 24 heavy (non-hydrogen) atoms. The van der Waals surface area contributed by atoms with Gasteiger partial charge in [0.2, 0.25) is 0 Å². The molecule has 0 saturated carbocycles. The molecule has 0 bridgehead atoms. The summed E-state index contributed by atoms with van der Waals surface area (Å²) in [4.78, 5) is 14.7. The van der Waals surface area contributed by atoms with Crippen LogP contribution in [0.5, 0.6) is 5.75 Å². The standard InChI is InChI=1S/C18H18FNO2S2/c1-22-16-10-12(23-2)4-5-13(16)18(21)20-15-7-8-24-17-6-3-11(19)9-14(15)17/h3-6,9-10,15H,7-8H2,1-2H3,(H,20,21)/t15-/m0/s1. The number of fused-ring (bicyclic) bond motifs is 1. The van der Waals surface area contributed by atoms with Crippen LogP contribution < -0.4 is 10.1 Å².